The monoisotopic (exact) mass is 483 g/mol. The molecule has 1 atom stereocenters. The maximum absolute atomic E-state index is 9.71. The maximum atomic E-state index is 9.71. The predicted octanol–water partition coefficient (Wildman–Crippen LogP) is 7.13. The first-order valence-electron chi connectivity index (χ1n) is 11.5. The highest BCUT2D eigenvalue weighted by Crippen LogP contribution is 2.33. The van der Waals surface area contributed by atoms with Crippen molar-refractivity contribution in [1.29, 1.82) is 0 Å². The first kappa shape index (κ1) is 25.6. The molecule has 0 amide bonds. The summed E-state index contributed by atoms with van der Waals surface area (Å²) in [5, 5.41) is 10.5. The molecule has 0 aliphatic carbocycles. The lowest BCUT2D eigenvalue weighted by atomic mass is 9.85. The summed E-state index contributed by atoms with van der Waals surface area (Å²) >= 11 is 8.26. The van der Waals surface area contributed by atoms with Crippen molar-refractivity contribution in [3.8, 4) is 5.75 Å². The average Bonchev–Trinajstić information content (AvgIpc) is 2.80. The van der Waals surface area contributed by atoms with Gasteiger partial charge < -0.3 is 15.6 Å². The molecule has 0 spiro atoms. The molecule has 3 N–H and O–H groups in total. The van der Waals surface area contributed by atoms with E-state index in [0.29, 0.717) is 12.5 Å². The van der Waals surface area contributed by atoms with Gasteiger partial charge in [-0.3, -0.25) is 0 Å². The SMILES string of the molecule is CC(C)CC(N)(CO)CCCc1ccc(Sc2cccc(OCc3ccccc3)c2)cc1Cl. The average molecular weight is 484 g/mol. The first-order valence-corrected chi connectivity index (χ1v) is 12.7. The Balaban J connectivity index is 1.55. The summed E-state index contributed by atoms with van der Waals surface area (Å²) in [4.78, 5) is 2.20. The van der Waals surface area contributed by atoms with Crippen molar-refractivity contribution in [2.75, 3.05) is 6.61 Å². The quantitative estimate of drug-likeness (QED) is 0.287. The number of benzene rings is 3. The van der Waals surface area contributed by atoms with E-state index in [2.05, 4.69) is 50.2 Å². The second-order valence-corrected chi connectivity index (χ2v) is 10.6. The van der Waals surface area contributed by atoms with Crippen molar-refractivity contribution in [2.45, 2.75) is 61.5 Å². The number of nitrogens with two attached hydrogens (primary N) is 1. The summed E-state index contributed by atoms with van der Waals surface area (Å²) in [6.07, 6.45) is 3.35. The molecule has 3 rings (SSSR count). The van der Waals surface area contributed by atoms with Gasteiger partial charge in [0.05, 0.1) is 6.61 Å². The molecule has 3 aromatic carbocycles. The normalized spacial score (nSPS) is 13.2. The van der Waals surface area contributed by atoms with Crippen LogP contribution < -0.4 is 10.5 Å². The van der Waals surface area contributed by atoms with Gasteiger partial charge in [0.1, 0.15) is 12.4 Å². The third kappa shape index (κ3) is 8.38. The number of hydrogen-bond donors (Lipinski definition) is 2. The Kier molecular flexibility index (Phi) is 9.69. The first-order chi connectivity index (χ1) is 15.9. The van der Waals surface area contributed by atoms with E-state index in [4.69, 9.17) is 22.1 Å². The molecule has 3 aromatic rings. The van der Waals surface area contributed by atoms with Crippen molar-refractivity contribution < 1.29 is 9.84 Å². The molecule has 33 heavy (non-hydrogen) atoms. The minimum Gasteiger partial charge on any atom is -0.489 e. The second-order valence-electron chi connectivity index (χ2n) is 9.08. The smallest absolute Gasteiger partial charge is 0.120 e. The minimum absolute atomic E-state index is 0.0165. The van der Waals surface area contributed by atoms with Crippen molar-refractivity contribution in [3.63, 3.8) is 0 Å². The van der Waals surface area contributed by atoms with Gasteiger partial charge in [-0.1, -0.05) is 79.7 Å². The largest absolute Gasteiger partial charge is 0.489 e. The molecule has 0 heterocycles. The van der Waals surface area contributed by atoms with Crippen LogP contribution in [0, 0.1) is 5.92 Å². The van der Waals surface area contributed by atoms with Gasteiger partial charge >= 0.3 is 0 Å². The number of rotatable bonds is 12. The summed E-state index contributed by atoms with van der Waals surface area (Å²) < 4.78 is 5.95. The zero-order chi connectivity index (χ0) is 23.7. The van der Waals surface area contributed by atoms with Crippen LogP contribution in [0.1, 0.15) is 44.2 Å². The molecule has 0 bridgehead atoms. The molecule has 3 nitrogen and oxygen atoms in total. The van der Waals surface area contributed by atoms with E-state index in [1.165, 1.54) is 0 Å². The molecule has 0 aliphatic heterocycles. The zero-order valence-corrected chi connectivity index (χ0v) is 21.0. The highest BCUT2D eigenvalue weighted by atomic mass is 35.5. The Bertz CT molecular complexity index is 1010. The number of ether oxygens (including phenoxy) is 1. The standard InChI is InChI=1S/C28H34ClNO2S/c1-21(2)18-28(30,20-31)15-7-10-23-13-14-26(17-27(23)29)33-25-12-6-11-24(16-25)32-19-22-8-4-3-5-9-22/h3-6,8-9,11-14,16-17,21,31H,7,10,15,18-20,30H2,1-2H3. The molecule has 0 saturated heterocycles. The van der Waals surface area contributed by atoms with E-state index in [9.17, 15) is 5.11 Å². The topological polar surface area (TPSA) is 55.5 Å². The number of hydrogen-bond acceptors (Lipinski definition) is 4. The molecular weight excluding hydrogens is 450 g/mol. The van der Waals surface area contributed by atoms with Gasteiger partial charge in [-0.15, -0.1) is 0 Å². The summed E-state index contributed by atoms with van der Waals surface area (Å²) in [5.74, 6) is 1.31. The van der Waals surface area contributed by atoms with E-state index < -0.39 is 5.54 Å². The summed E-state index contributed by atoms with van der Waals surface area (Å²) in [6, 6.07) is 24.5. The van der Waals surface area contributed by atoms with Gasteiger partial charge in [0, 0.05) is 20.4 Å². The molecule has 176 valence electrons. The number of aryl methyl sites for hydroxylation is 1. The fourth-order valence-corrected chi connectivity index (χ4v) is 5.23. The fourth-order valence-electron chi connectivity index (χ4n) is 3.99. The van der Waals surface area contributed by atoms with Crippen LogP contribution in [0.5, 0.6) is 5.75 Å². The van der Waals surface area contributed by atoms with Gasteiger partial charge in [-0.05, 0) is 73.1 Å². The zero-order valence-electron chi connectivity index (χ0n) is 19.5. The lowest BCUT2D eigenvalue weighted by Crippen LogP contribution is -2.44. The van der Waals surface area contributed by atoms with Gasteiger partial charge in [0.25, 0.3) is 0 Å². The Labute approximate surface area is 207 Å². The van der Waals surface area contributed by atoms with Crippen LogP contribution in [0.2, 0.25) is 5.02 Å². The van der Waals surface area contributed by atoms with E-state index in [1.807, 2.05) is 36.4 Å². The van der Waals surface area contributed by atoms with Crippen LogP contribution in [-0.4, -0.2) is 17.3 Å². The Hall–Kier alpha value is -1.98. The van der Waals surface area contributed by atoms with Crippen LogP contribution in [0.4, 0.5) is 0 Å². The molecule has 0 fully saturated rings. The van der Waals surface area contributed by atoms with Crippen LogP contribution in [0.25, 0.3) is 0 Å². The Morgan fingerprint density at radius 1 is 1.00 bits per heavy atom. The summed E-state index contributed by atoms with van der Waals surface area (Å²) in [6.45, 7) is 4.83. The van der Waals surface area contributed by atoms with Crippen molar-refractivity contribution in [3.05, 3.63) is 88.9 Å². The Morgan fingerprint density at radius 2 is 1.76 bits per heavy atom. The van der Waals surface area contributed by atoms with E-state index in [-0.39, 0.29) is 6.61 Å². The lowest BCUT2D eigenvalue weighted by molar-refractivity contribution is 0.162. The summed E-state index contributed by atoms with van der Waals surface area (Å²) in [5.41, 5.74) is 8.13. The molecule has 0 saturated carbocycles. The third-order valence-corrected chi connectivity index (χ3v) is 6.90. The van der Waals surface area contributed by atoms with Gasteiger partial charge in [-0.25, -0.2) is 0 Å². The van der Waals surface area contributed by atoms with Gasteiger partial charge in [0.2, 0.25) is 0 Å². The highest BCUT2D eigenvalue weighted by molar-refractivity contribution is 7.99. The Morgan fingerprint density at radius 3 is 2.45 bits per heavy atom. The predicted molar refractivity (Wildman–Crippen MR) is 139 cm³/mol. The van der Waals surface area contributed by atoms with E-state index in [0.717, 1.165) is 57.4 Å². The minimum atomic E-state index is -0.510. The molecule has 0 aliphatic rings. The third-order valence-electron chi connectivity index (χ3n) is 5.56. The molecule has 0 radical (unpaired) electrons. The van der Waals surface area contributed by atoms with Crippen LogP contribution in [0.3, 0.4) is 0 Å². The van der Waals surface area contributed by atoms with Crippen LogP contribution in [-0.2, 0) is 13.0 Å². The maximum Gasteiger partial charge on any atom is 0.120 e. The highest BCUT2D eigenvalue weighted by Gasteiger charge is 2.24. The van der Waals surface area contributed by atoms with E-state index >= 15 is 0 Å². The number of aliphatic hydroxyl groups is 1. The number of halogens is 1. The van der Waals surface area contributed by atoms with Gasteiger partial charge in [-0.2, -0.15) is 0 Å². The van der Waals surface area contributed by atoms with E-state index in [1.54, 1.807) is 11.8 Å². The second kappa shape index (κ2) is 12.5. The lowest BCUT2D eigenvalue weighted by Gasteiger charge is -2.29. The molecule has 0 aromatic heterocycles. The van der Waals surface area contributed by atoms with Crippen molar-refractivity contribution in [2.24, 2.45) is 11.7 Å². The van der Waals surface area contributed by atoms with Crippen LogP contribution >= 0.6 is 23.4 Å². The molecular formula is C28H34ClNO2S. The van der Waals surface area contributed by atoms with Crippen molar-refractivity contribution >= 4 is 23.4 Å². The summed E-state index contributed by atoms with van der Waals surface area (Å²) in [7, 11) is 0. The van der Waals surface area contributed by atoms with Crippen LogP contribution in [0.15, 0.2) is 82.6 Å². The van der Waals surface area contributed by atoms with Gasteiger partial charge in [0.15, 0.2) is 0 Å². The fraction of sp³-hybridized carbons (Fsp3) is 0.357. The molecule has 5 heteroatoms. The van der Waals surface area contributed by atoms with Crippen molar-refractivity contribution in [1.82, 2.24) is 0 Å². The number of aliphatic hydroxyl groups excluding tert-OH is 1. The molecule has 1 unspecified atom stereocenters.